The molecule has 1 amide bonds. The second-order valence-electron chi connectivity index (χ2n) is 8.41. The molecule has 10 heteroatoms. The molecule has 1 saturated heterocycles. The van der Waals surface area contributed by atoms with Crippen molar-refractivity contribution in [3.05, 3.63) is 71.2 Å². The third-order valence-electron chi connectivity index (χ3n) is 5.83. The fourth-order valence-electron chi connectivity index (χ4n) is 4.08. The number of fused-ring (bicyclic) bond motifs is 1. The number of nitrogens with zero attached hydrogens (tertiary/aromatic N) is 4. The molecule has 0 spiro atoms. The van der Waals surface area contributed by atoms with E-state index in [0.717, 1.165) is 54.7 Å². The van der Waals surface area contributed by atoms with Crippen molar-refractivity contribution >= 4 is 34.9 Å². The Hall–Kier alpha value is -3.79. The largest absolute Gasteiger partial charge is 0.416 e. The maximum absolute atomic E-state index is 13.0. The Bertz CT molecular complexity index is 1300. The number of pyridine rings is 1. The molecular formula is C25H25F3N6O. The Morgan fingerprint density at radius 1 is 1.26 bits per heavy atom. The van der Waals surface area contributed by atoms with Crippen molar-refractivity contribution in [1.82, 2.24) is 20.1 Å². The van der Waals surface area contributed by atoms with Crippen molar-refractivity contribution in [3.63, 3.8) is 0 Å². The molecule has 3 aromatic rings. The number of alkyl halides is 3. The van der Waals surface area contributed by atoms with E-state index < -0.39 is 17.6 Å². The van der Waals surface area contributed by atoms with Gasteiger partial charge in [0, 0.05) is 24.3 Å². The summed E-state index contributed by atoms with van der Waals surface area (Å²) in [5.41, 5.74) is 2.66. The van der Waals surface area contributed by atoms with Crippen LogP contribution in [-0.2, 0) is 6.18 Å². The molecule has 0 bridgehead atoms. The number of halogens is 3. The molecule has 1 aromatic carbocycles. The SMILES string of the molecule is C=N/C=C(\C=C(/C)c1ccc2[nH]nc(C(=O)Nc3cc(C(F)(F)F)ccn3)c2c1)CN1CCCC1. The van der Waals surface area contributed by atoms with Gasteiger partial charge in [-0.25, -0.2) is 4.98 Å². The van der Waals surface area contributed by atoms with Crippen LogP contribution in [0.5, 0.6) is 0 Å². The number of H-pyrrole nitrogens is 1. The number of carbonyl (C=O) groups is 1. The number of aromatic amines is 1. The highest BCUT2D eigenvalue weighted by molar-refractivity contribution is 6.11. The van der Waals surface area contributed by atoms with Crippen LogP contribution in [0.3, 0.4) is 0 Å². The Labute approximate surface area is 200 Å². The van der Waals surface area contributed by atoms with E-state index in [0.29, 0.717) is 10.9 Å². The van der Waals surface area contributed by atoms with E-state index >= 15 is 0 Å². The molecule has 0 unspecified atom stereocenters. The van der Waals surface area contributed by atoms with Crippen LogP contribution in [0.15, 0.2) is 59.4 Å². The highest BCUT2D eigenvalue weighted by Gasteiger charge is 2.31. The monoisotopic (exact) mass is 482 g/mol. The number of allylic oxidation sites excluding steroid dienone is 1. The maximum atomic E-state index is 13.0. The normalized spacial score (nSPS) is 15.5. The predicted molar refractivity (Wildman–Crippen MR) is 130 cm³/mol. The summed E-state index contributed by atoms with van der Waals surface area (Å²) in [5, 5.41) is 9.82. The molecule has 3 heterocycles. The predicted octanol–water partition coefficient (Wildman–Crippen LogP) is 5.31. The van der Waals surface area contributed by atoms with Crippen molar-refractivity contribution < 1.29 is 18.0 Å². The number of hydrogen-bond donors (Lipinski definition) is 2. The highest BCUT2D eigenvalue weighted by atomic mass is 19.4. The fraction of sp³-hybridized carbons (Fsp3) is 0.280. The lowest BCUT2D eigenvalue weighted by atomic mass is 10.0. The van der Waals surface area contributed by atoms with Gasteiger partial charge in [-0.1, -0.05) is 12.1 Å². The molecule has 7 nitrogen and oxygen atoms in total. The van der Waals surface area contributed by atoms with Gasteiger partial charge in [0.15, 0.2) is 5.69 Å². The molecule has 0 radical (unpaired) electrons. The number of rotatable bonds is 7. The summed E-state index contributed by atoms with van der Waals surface area (Å²) >= 11 is 0. The zero-order chi connectivity index (χ0) is 25.0. The van der Waals surface area contributed by atoms with Crippen molar-refractivity contribution in [1.29, 1.82) is 0 Å². The maximum Gasteiger partial charge on any atom is 0.416 e. The fourth-order valence-corrected chi connectivity index (χ4v) is 4.08. The minimum atomic E-state index is -4.54. The molecule has 182 valence electrons. The zero-order valence-corrected chi connectivity index (χ0v) is 19.2. The third kappa shape index (κ3) is 5.83. The van der Waals surface area contributed by atoms with Gasteiger partial charge in [-0.15, -0.1) is 0 Å². The molecule has 0 aliphatic carbocycles. The average Bonchev–Trinajstić information content (AvgIpc) is 3.48. The number of benzene rings is 1. The molecule has 1 fully saturated rings. The van der Waals surface area contributed by atoms with E-state index in [2.05, 4.69) is 37.1 Å². The Morgan fingerprint density at radius 3 is 2.74 bits per heavy atom. The Morgan fingerprint density at radius 2 is 2.03 bits per heavy atom. The second-order valence-corrected chi connectivity index (χ2v) is 8.41. The number of anilines is 1. The van der Waals surface area contributed by atoms with E-state index in [-0.39, 0.29) is 11.5 Å². The molecule has 2 aromatic heterocycles. The number of nitrogens with one attached hydrogen (secondary N) is 2. The van der Waals surface area contributed by atoms with Crippen LogP contribution < -0.4 is 5.32 Å². The first-order valence-electron chi connectivity index (χ1n) is 11.1. The van der Waals surface area contributed by atoms with E-state index in [1.807, 2.05) is 31.2 Å². The minimum absolute atomic E-state index is 0.0643. The molecule has 4 rings (SSSR count). The van der Waals surface area contributed by atoms with Crippen LogP contribution in [0.1, 0.15) is 41.4 Å². The van der Waals surface area contributed by atoms with Gasteiger partial charge in [-0.05, 0) is 80.5 Å². The summed E-state index contributed by atoms with van der Waals surface area (Å²) in [6.45, 7) is 8.44. The first kappa shape index (κ1) is 24.3. The molecular weight excluding hydrogens is 457 g/mol. The van der Waals surface area contributed by atoms with Crippen molar-refractivity contribution in [2.24, 2.45) is 4.99 Å². The van der Waals surface area contributed by atoms with Gasteiger partial charge in [-0.2, -0.15) is 18.3 Å². The van der Waals surface area contributed by atoms with Gasteiger partial charge in [0.1, 0.15) is 5.82 Å². The van der Waals surface area contributed by atoms with Crippen LogP contribution >= 0.6 is 0 Å². The summed E-state index contributed by atoms with van der Waals surface area (Å²) < 4.78 is 38.9. The van der Waals surface area contributed by atoms with Crippen LogP contribution in [0.25, 0.3) is 16.5 Å². The number of likely N-dealkylation sites (tertiary alicyclic amines) is 1. The van der Waals surface area contributed by atoms with Crippen LogP contribution in [0.2, 0.25) is 0 Å². The van der Waals surface area contributed by atoms with E-state index in [4.69, 9.17) is 0 Å². The molecule has 0 atom stereocenters. The number of aromatic nitrogens is 3. The number of aliphatic imine (C=N–C) groups is 1. The van der Waals surface area contributed by atoms with Gasteiger partial charge < -0.3 is 5.32 Å². The standard InChI is InChI=1S/C25H25F3N6O/c1-16(11-17(14-29-2)15-34-9-3-4-10-34)18-5-6-21-20(12-18)23(33-32-21)24(35)31-22-13-19(7-8-30-22)25(26,27)28/h5-8,11-14H,2-4,9-10,15H2,1H3,(H,32,33)(H,30,31,35)/b16-11+,17-14+. The average molecular weight is 483 g/mol. The second kappa shape index (κ2) is 10.2. The Kier molecular flexibility index (Phi) is 7.11. The first-order chi connectivity index (χ1) is 16.7. The molecule has 35 heavy (non-hydrogen) atoms. The minimum Gasteiger partial charge on any atom is -0.305 e. The lowest BCUT2D eigenvalue weighted by Crippen LogP contribution is -2.21. The van der Waals surface area contributed by atoms with E-state index in [1.54, 1.807) is 6.20 Å². The molecule has 0 saturated carbocycles. The molecule has 1 aliphatic heterocycles. The quantitative estimate of drug-likeness (QED) is 0.353. The molecule has 1 aliphatic rings. The highest BCUT2D eigenvalue weighted by Crippen LogP contribution is 2.30. The van der Waals surface area contributed by atoms with Gasteiger partial charge in [0.25, 0.3) is 5.91 Å². The summed E-state index contributed by atoms with van der Waals surface area (Å²) in [6, 6.07) is 7.18. The summed E-state index contributed by atoms with van der Waals surface area (Å²) in [4.78, 5) is 22.9. The summed E-state index contributed by atoms with van der Waals surface area (Å²) in [6.07, 6.45) is 2.63. The molecule has 2 N–H and O–H groups in total. The summed E-state index contributed by atoms with van der Waals surface area (Å²) in [7, 11) is 0. The zero-order valence-electron chi connectivity index (χ0n) is 19.2. The van der Waals surface area contributed by atoms with Crippen LogP contribution in [-0.4, -0.2) is 52.3 Å². The Balaban J connectivity index is 1.58. The van der Waals surface area contributed by atoms with E-state index in [1.165, 1.54) is 12.8 Å². The van der Waals surface area contributed by atoms with Crippen LogP contribution in [0, 0.1) is 0 Å². The van der Waals surface area contributed by atoms with Gasteiger partial charge in [-0.3, -0.25) is 19.8 Å². The third-order valence-corrected chi connectivity index (χ3v) is 5.83. The van der Waals surface area contributed by atoms with Gasteiger partial charge in [0.2, 0.25) is 0 Å². The van der Waals surface area contributed by atoms with Crippen LogP contribution in [0.4, 0.5) is 19.0 Å². The van der Waals surface area contributed by atoms with E-state index in [9.17, 15) is 18.0 Å². The number of amides is 1. The number of carbonyl (C=O) groups excluding carboxylic acids is 1. The van der Waals surface area contributed by atoms with Gasteiger partial charge >= 0.3 is 6.18 Å². The smallest absolute Gasteiger partial charge is 0.305 e. The first-order valence-corrected chi connectivity index (χ1v) is 11.1. The van der Waals surface area contributed by atoms with Crippen molar-refractivity contribution in [3.8, 4) is 0 Å². The topological polar surface area (TPSA) is 86.3 Å². The lowest BCUT2D eigenvalue weighted by molar-refractivity contribution is -0.137. The number of hydrogen-bond acceptors (Lipinski definition) is 5. The van der Waals surface area contributed by atoms with Crippen molar-refractivity contribution in [2.45, 2.75) is 25.9 Å². The lowest BCUT2D eigenvalue weighted by Gasteiger charge is -2.15. The summed E-state index contributed by atoms with van der Waals surface area (Å²) in [5.74, 6) is -0.867. The van der Waals surface area contributed by atoms with Crippen molar-refractivity contribution in [2.75, 3.05) is 25.0 Å². The van der Waals surface area contributed by atoms with Gasteiger partial charge in [0.05, 0.1) is 11.1 Å².